The summed E-state index contributed by atoms with van der Waals surface area (Å²) in [6.45, 7) is 1.98. The predicted octanol–water partition coefficient (Wildman–Crippen LogP) is 2.97. The molecule has 1 N–H and O–H groups in total. The van der Waals surface area contributed by atoms with Gasteiger partial charge in [-0.15, -0.1) is 10.2 Å². The third kappa shape index (κ3) is 3.28. The van der Waals surface area contributed by atoms with Crippen molar-refractivity contribution in [3.63, 3.8) is 0 Å². The average Bonchev–Trinajstić information content (AvgIpc) is 3.34. The second-order valence-electron chi connectivity index (χ2n) is 6.50. The number of nitrogens with one attached hydrogen (secondary N) is 1. The summed E-state index contributed by atoms with van der Waals surface area (Å²) in [5.41, 5.74) is 4.85. The largest absolute Gasteiger partial charge is 0.480 e. The Morgan fingerprint density at radius 2 is 2.04 bits per heavy atom. The number of carbonyl (C=O) groups is 1. The number of rotatable bonds is 5. The Balaban J connectivity index is 1.59. The normalized spacial score (nSPS) is 12.7. The second-order valence-corrected chi connectivity index (χ2v) is 6.50. The molecule has 138 valence electrons. The summed E-state index contributed by atoms with van der Waals surface area (Å²) < 4.78 is 6.68. The summed E-state index contributed by atoms with van der Waals surface area (Å²) >= 11 is 0. The monoisotopic (exact) mass is 363 g/mol. The Morgan fingerprint density at radius 1 is 1.19 bits per heavy atom. The molecule has 0 radical (unpaired) electrons. The molecule has 4 rings (SSSR count). The molecule has 0 spiro atoms. The first-order chi connectivity index (χ1) is 13.2. The van der Waals surface area contributed by atoms with Crippen LogP contribution in [0.1, 0.15) is 40.5 Å². The lowest BCUT2D eigenvalue weighted by Crippen LogP contribution is -2.15. The molecular weight excluding hydrogens is 342 g/mol. The van der Waals surface area contributed by atoms with Crippen LogP contribution in [0.25, 0.3) is 5.82 Å². The van der Waals surface area contributed by atoms with Gasteiger partial charge in [0.1, 0.15) is 0 Å². The summed E-state index contributed by atoms with van der Waals surface area (Å²) in [6, 6.07) is 9.63. The Hall–Kier alpha value is -3.22. The lowest BCUT2D eigenvalue weighted by molar-refractivity contribution is 0.102. The van der Waals surface area contributed by atoms with Crippen LogP contribution >= 0.6 is 0 Å². The van der Waals surface area contributed by atoms with E-state index in [1.807, 2.05) is 13.0 Å². The van der Waals surface area contributed by atoms with Crippen LogP contribution in [-0.2, 0) is 19.3 Å². The Kier molecular flexibility index (Phi) is 4.58. The van der Waals surface area contributed by atoms with Crippen molar-refractivity contribution in [1.82, 2.24) is 20.0 Å². The number of hydrogen-bond acceptors (Lipinski definition) is 5. The molecule has 0 saturated carbocycles. The maximum absolute atomic E-state index is 12.8. The van der Waals surface area contributed by atoms with Crippen LogP contribution < -0.4 is 10.1 Å². The highest BCUT2D eigenvalue weighted by Gasteiger charge is 2.19. The van der Waals surface area contributed by atoms with Crippen molar-refractivity contribution in [2.75, 3.05) is 12.4 Å². The fraction of sp³-hybridized carbons (Fsp3) is 0.300. The topological polar surface area (TPSA) is 81.9 Å². The number of aryl methyl sites for hydroxylation is 2. The van der Waals surface area contributed by atoms with Crippen LogP contribution in [0, 0.1) is 0 Å². The number of amides is 1. The summed E-state index contributed by atoms with van der Waals surface area (Å²) in [6.07, 6.45) is 5.60. The zero-order valence-corrected chi connectivity index (χ0v) is 15.4. The molecule has 0 fully saturated rings. The van der Waals surface area contributed by atoms with E-state index >= 15 is 0 Å². The van der Waals surface area contributed by atoms with Gasteiger partial charge in [0.2, 0.25) is 5.88 Å². The SMILES string of the molecule is CCc1c(C(=O)Nc2ccc3c(c2)CCC3)cnn1-c1ccc(OC)nn1. The first-order valence-electron chi connectivity index (χ1n) is 9.07. The van der Waals surface area contributed by atoms with E-state index in [4.69, 9.17) is 4.74 Å². The molecular formula is C20H21N5O2. The maximum Gasteiger partial charge on any atom is 0.259 e. The summed E-state index contributed by atoms with van der Waals surface area (Å²) in [7, 11) is 1.54. The highest BCUT2D eigenvalue weighted by Crippen LogP contribution is 2.25. The number of nitrogens with zero attached hydrogens (tertiary/aromatic N) is 4. The van der Waals surface area contributed by atoms with Crippen molar-refractivity contribution in [2.45, 2.75) is 32.6 Å². The van der Waals surface area contributed by atoms with E-state index in [1.54, 1.807) is 23.0 Å². The van der Waals surface area contributed by atoms with Gasteiger partial charge in [-0.05, 0) is 55.0 Å². The number of methoxy groups -OCH3 is 1. The average molecular weight is 363 g/mol. The van der Waals surface area contributed by atoms with Gasteiger partial charge in [0.25, 0.3) is 5.91 Å². The van der Waals surface area contributed by atoms with Crippen molar-refractivity contribution < 1.29 is 9.53 Å². The van der Waals surface area contributed by atoms with E-state index in [0.29, 0.717) is 23.7 Å². The van der Waals surface area contributed by atoms with Crippen molar-refractivity contribution in [1.29, 1.82) is 0 Å². The van der Waals surface area contributed by atoms with E-state index in [-0.39, 0.29) is 5.91 Å². The molecule has 27 heavy (non-hydrogen) atoms. The van der Waals surface area contributed by atoms with Gasteiger partial charge in [0, 0.05) is 11.8 Å². The number of ether oxygens (including phenoxy) is 1. The molecule has 3 aromatic rings. The van der Waals surface area contributed by atoms with Gasteiger partial charge in [-0.3, -0.25) is 4.79 Å². The van der Waals surface area contributed by atoms with Crippen LogP contribution in [0.15, 0.2) is 36.5 Å². The standard InChI is InChI=1S/C20H21N5O2/c1-3-17-16(12-21-25(17)18-9-10-19(27-2)24-23-18)20(26)22-15-8-7-13-5-4-6-14(13)11-15/h7-12H,3-6H2,1-2H3,(H,22,26). The molecule has 1 aromatic carbocycles. The van der Waals surface area contributed by atoms with E-state index < -0.39 is 0 Å². The van der Waals surface area contributed by atoms with E-state index in [0.717, 1.165) is 24.2 Å². The summed E-state index contributed by atoms with van der Waals surface area (Å²) in [5.74, 6) is 0.806. The van der Waals surface area contributed by atoms with Crippen LogP contribution in [0.5, 0.6) is 5.88 Å². The molecule has 1 aliphatic carbocycles. The lowest BCUT2D eigenvalue weighted by Gasteiger charge is -2.09. The van der Waals surface area contributed by atoms with E-state index in [1.165, 1.54) is 24.7 Å². The minimum absolute atomic E-state index is 0.169. The van der Waals surface area contributed by atoms with Gasteiger partial charge in [0.15, 0.2) is 5.82 Å². The smallest absolute Gasteiger partial charge is 0.259 e. The van der Waals surface area contributed by atoms with Crippen molar-refractivity contribution in [2.24, 2.45) is 0 Å². The van der Waals surface area contributed by atoms with Gasteiger partial charge >= 0.3 is 0 Å². The zero-order valence-electron chi connectivity index (χ0n) is 15.4. The first-order valence-corrected chi connectivity index (χ1v) is 9.07. The third-order valence-electron chi connectivity index (χ3n) is 4.86. The quantitative estimate of drug-likeness (QED) is 0.754. The molecule has 7 nitrogen and oxygen atoms in total. The highest BCUT2D eigenvalue weighted by atomic mass is 16.5. The number of aromatic nitrogens is 4. The third-order valence-corrected chi connectivity index (χ3v) is 4.86. The Labute approximate surface area is 157 Å². The number of anilines is 1. The summed E-state index contributed by atoms with van der Waals surface area (Å²) in [5, 5.41) is 15.4. The van der Waals surface area contributed by atoms with E-state index in [2.05, 4.69) is 32.7 Å². The minimum atomic E-state index is -0.169. The first kappa shape index (κ1) is 17.2. The van der Waals surface area contributed by atoms with Gasteiger partial charge < -0.3 is 10.1 Å². The van der Waals surface area contributed by atoms with Crippen LogP contribution in [0.4, 0.5) is 5.69 Å². The van der Waals surface area contributed by atoms with Crippen molar-refractivity contribution >= 4 is 11.6 Å². The number of fused-ring (bicyclic) bond motifs is 1. The Bertz CT molecular complexity index is 979. The molecule has 0 aliphatic heterocycles. The maximum atomic E-state index is 12.8. The van der Waals surface area contributed by atoms with Crippen LogP contribution in [0.3, 0.4) is 0 Å². The fourth-order valence-corrected chi connectivity index (χ4v) is 3.48. The zero-order chi connectivity index (χ0) is 18.8. The molecule has 0 unspecified atom stereocenters. The van der Waals surface area contributed by atoms with Crippen LogP contribution in [-0.4, -0.2) is 33.0 Å². The van der Waals surface area contributed by atoms with E-state index in [9.17, 15) is 4.79 Å². The fourth-order valence-electron chi connectivity index (χ4n) is 3.48. The number of benzene rings is 1. The molecule has 1 amide bonds. The molecule has 2 aromatic heterocycles. The van der Waals surface area contributed by atoms with Crippen LogP contribution in [0.2, 0.25) is 0 Å². The molecule has 0 saturated heterocycles. The minimum Gasteiger partial charge on any atom is -0.480 e. The number of carbonyl (C=O) groups excluding carboxylic acids is 1. The van der Waals surface area contributed by atoms with Crippen molar-refractivity contribution in [3.05, 3.63) is 58.9 Å². The molecule has 2 heterocycles. The molecule has 0 atom stereocenters. The van der Waals surface area contributed by atoms with Crippen molar-refractivity contribution in [3.8, 4) is 11.7 Å². The molecule has 0 bridgehead atoms. The second kappa shape index (κ2) is 7.19. The van der Waals surface area contributed by atoms with Gasteiger partial charge in [-0.2, -0.15) is 5.10 Å². The lowest BCUT2D eigenvalue weighted by atomic mass is 10.1. The van der Waals surface area contributed by atoms with Gasteiger partial charge in [0.05, 0.1) is 24.6 Å². The molecule has 7 heteroatoms. The summed E-state index contributed by atoms with van der Waals surface area (Å²) in [4.78, 5) is 12.8. The van der Waals surface area contributed by atoms with Gasteiger partial charge in [-0.25, -0.2) is 4.68 Å². The predicted molar refractivity (Wildman–Crippen MR) is 102 cm³/mol. The molecule has 1 aliphatic rings. The number of hydrogen-bond donors (Lipinski definition) is 1. The highest BCUT2D eigenvalue weighted by molar-refractivity contribution is 6.05. The Morgan fingerprint density at radius 3 is 2.78 bits per heavy atom. The van der Waals surface area contributed by atoms with Gasteiger partial charge in [-0.1, -0.05) is 13.0 Å².